The maximum absolute atomic E-state index is 13.2. The molecule has 0 saturated carbocycles. The van der Waals surface area contributed by atoms with E-state index in [1.807, 2.05) is 19.2 Å². The minimum Gasteiger partial charge on any atom is -0.504 e. The average molecular weight is 415 g/mol. The number of nitrogens with one attached hydrogen (secondary N) is 1. The average Bonchev–Trinajstić information content (AvgIpc) is 2.77. The Hall–Kier alpha value is -2.31. The molecule has 0 radical (unpaired) electrons. The van der Waals surface area contributed by atoms with Gasteiger partial charge < -0.3 is 20.3 Å². The number of likely N-dealkylation sites (tertiary alicyclic amines) is 1. The van der Waals surface area contributed by atoms with Crippen LogP contribution in [0.25, 0.3) is 0 Å². The van der Waals surface area contributed by atoms with Crippen LogP contribution in [0.3, 0.4) is 0 Å². The molecule has 0 aromatic heterocycles. The van der Waals surface area contributed by atoms with E-state index in [1.54, 1.807) is 6.07 Å². The molecule has 5 nitrogen and oxygen atoms in total. The molecule has 2 aromatic rings. The first-order valence-electron chi connectivity index (χ1n) is 10.8. The molecule has 1 fully saturated rings. The Morgan fingerprint density at radius 2 is 1.77 bits per heavy atom. The number of piperidine rings is 1. The molecule has 2 aliphatic heterocycles. The molecule has 0 bridgehead atoms. The van der Waals surface area contributed by atoms with Gasteiger partial charge in [-0.3, -0.25) is 4.90 Å². The third kappa shape index (κ3) is 4.12. The highest BCUT2D eigenvalue weighted by Gasteiger charge is 2.36. The monoisotopic (exact) mass is 414 g/mol. The van der Waals surface area contributed by atoms with Gasteiger partial charge in [-0.15, -0.1) is 0 Å². The molecule has 2 aliphatic rings. The fourth-order valence-electron chi connectivity index (χ4n) is 5.16. The molecular weight excluding hydrogens is 383 g/mol. The van der Waals surface area contributed by atoms with Crippen molar-refractivity contribution in [2.75, 3.05) is 26.7 Å². The summed E-state index contributed by atoms with van der Waals surface area (Å²) >= 11 is 0. The molecule has 3 N–H and O–H groups in total. The predicted molar refractivity (Wildman–Crippen MR) is 114 cm³/mol. The Morgan fingerprint density at radius 1 is 1.07 bits per heavy atom. The van der Waals surface area contributed by atoms with Gasteiger partial charge in [0.2, 0.25) is 0 Å². The smallest absolute Gasteiger partial charge is 0.164 e. The van der Waals surface area contributed by atoms with E-state index in [4.69, 9.17) is 4.74 Å². The first-order chi connectivity index (χ1) is 14.5. The van der Waals surface area contributed by atoms with Crippen molar-refractivity contribution in [3.8, 4) is 17.2 Å². The van der Waals surface area contributed by atoms with Crippen molar-refractivity contribution < 1.29 is 19.3 Å². The zero-order valence-corrected chi connectivity index (χ0v) is 17.6. The molecule has 4 rings (SSSR count). The Balaban J connectivity index is 1.39. The van der Waals surface area contributed by atoms with Crippen molar-refractivity contribution in [2.45, 2.75) is 38.3 Å². The molecule has 0 aliphatic carbocycles. The van der Waals surface area contributed by atoms with Crippen molar-refractivity contribution in [1.82, 2.24) is 10.2 Å². The van der Waals surface area contributed by atoms with E-state index in [0.29, 0.717) is 30.3 Å². The summed E-state index contributed by atoms with van der Waals surface area (Å²) in [6.45, 7) is 4.79. The predicted octanol–water partition coefficient (Wildman–Crippen LogP) is 3.85. The summed E-state index contributed by atoms with van der Waals surface area (Å²) in [5.74, 6) is 1.07. The van der Waals surface area contributed by atoms with Crippen LogP contribution in [0.4, 0.5) is 4.39 Å². The Bertz CT molecular complexity index is 865. The number of phenols is 2. The van der Waals surface area contributed by atoms with Gasteiger partial charge in [0.15, 0.2) is 11.5 Å². The van der Waals surface area contributed by atoms with E-state index in [-0.39, 0.29) is 35.3 Å². The van der Waals surface area contributed by atoms with Crippen LogP contribution in [-0.2, 0) is 6.42 Å². The molecule has 1 saturated heterocycles. The molecule has 0 amide bonds. The van der Waals surface area contributed by atoms with E-state index in [0.717, 1.165) is 31.5 Å². The molecule has 30 heavy (non-hydrogen) atoms. The van der Waals surface area contributed by atoms with Crippen molar-refractivity contribution in [1.29, 1.82) is 0 Å². The second kappa shape index (κ2) is 8.82. The quantitative estimate of drug-likeness (QED) is 0.649. The zero-order chi connectivity index (χ0) is 21.3. The number of benzene rings is 2. The topological polar surface area (TPSA) is 65.0 Å². The van der Waals surface area contributed by atoms with Gasteiger partial charge in [0, 0.05) is 23.6 Å². The van der Waals surface area contributed by atoms with Gasteiger partial charge in [0.1, 0.15) is 11.6 Å². The van der Waals surface area contributed by atoms with Gasteiger partial charge in [0.25, 0.3) is 0 Å². The van der Waals surface area contributed by atoms with E-state index < -0.39 is 0 Å². The number of ether oxygens (including phenoxy) is 1. The number of phenolic OH excluding ortho intramolecular Hbond substituents is 2. The van der Waals surface area contributed by atoms with Crippen LogP contribution in [0, 0.1) is 17.7 Å². The minimum absolute atomic E-state index is 0.0602. The largest absolute Gasteiger partial charge is 0.504 e. The van der Waals surface area contributed by atoms with Gasteiger partial charge in [-0.25, -0.2) is 4.39 Å². The Morgan fingerprint density at radius 3 is 2.43 bits per heavy atom. The number of fused-ring (bicyclic) bond motifs is 1. The van der Waals surface area contributed by atoms with Gasteiger partial charge >= 0.3 is 0 Å². The molecule has 3 atom stereocenters. The first kappa shape index (κ1) is 20.9. The summed E-state index contributed by atoms with van der Waals surface area (Å²) < 4.78 is 19.1. The summed E-state index contributed by atoms with van der Waals surface area (Å²) in [6.07, 6.45) is 2.84. The van der Waals surface area contributed by atoms with E-state index in [2.05, 4.69) is 17.1 Å². The number of hydrogen-bond donors (Lipinski definition) is 3. The normalized spacial score (nSPS) is 22.2. The van der Waals surface area contributed by atoms with Crippen LogP contribution in [0.1, 0.15) is 36.9 Å². The van der Waals surface area contributed by atoms with Crippen LogP contribution in [0.15, 0.2) is 36.4 Å². The van der Waals surface area contributed by atoms with Crippen LogP contribution in [-0.4, -0.2) is 47.9 Å². The Labute approximate surface area is 177 Å². The highest BCUT2D eigenvalue weighted by atomic mass is 19.1. The number of nitrogens with zero attached hydrogens (tertiary/aromatic N) is 1. The van der Waals surface area contributed by atoms with Crippen molar-refractivity contribution in [2.24, 2.45) is 11.8 Å². The maximum atomic E-state index is 13.2. The summed E-state index contributed by atoms with van der Waals surface area (Å²) in [5.41, 5.74) is 1.85. The summed E-state index contributed by atoms with van der Waals surface area (Å²) in [4.78, 5) is 2.47. The zero-order valence-electron chi connectivity index (χ0n) is 17.6. The minimum atomic E-state index is -0.197. The van der Waals surface area contributed by atoms with E-state index in [9.17, 15) is 14.6 Å². The first-order valence-corrected chi connectivity index (χ1v) is 10.8. The molecular formula is C24H31FN2O3. The summed E-state index contributed by atoms with van der Waals surface area (Å²) in [6, 6.07) is 10.6. The molecule has 6 heteroatoms. The SMILES string of the molecule is CNC(C1CCN(C(C)c2ccc(F)cc2)CC1)C1COc2ccc(O)c(O)c2C1. The highest BCUT2D eigenvalue weighted by Crippen LogP contribution is 2.41. The summed E-state index contributed by atoms with van der Waals surface area (Å²) in [7, 11) is 2.00. The third-order valence-corrected chi connectivity index (χ3v) is 6.96. The fourth-order valence-corrected chi connectivity index (χ4v) is 5.16. The number of aromatic hydroxyl groups is 2. The number of rotatable bonds is 5. The molecule has 3 unspecified atom stereocenters. The second-order valence-corrected chi connectivity index (χ2v) is 8.60. The lowest BCUT2D eigenvalue weighted by atomic mass is 9.78. The van der Waals surface area contributed by atoms with Crippen molar-refractivity contribution in [3.63, 3.8) is 0 Å². The number of halogens is 1. The molecule has 2 aromatic carbocycles. The van der Waals surface area contributed by atoms with Crippen molar-refractivity contribution >= 4 is 0 Å². The lowest BCUT2D eigenvalue weighted by Crippen LogP contribution is -2.49. The van der Waals surface area contributed by atoms with Gasteiger partial charge in [-0.05, 0) is 82.1 Å². The lowest BCUT2D eigenvalue weighted by Gasteiger charge is -2.42. The maximum Gasteiger partial charge on any atom is 0.164 e. The van der Waals surface area contributed by atoms with E-state index in [1.165, 1.54) is 18.2 Å². The van der Waals surface area contributed by atoms with Crippen LogP contribution >= 0.6 is 0 Å². The van der Waals surface area contributed by atoms with Gasteiger partial charge in [-0.1, -0.05) is 12.1 Å². The molecule has 2 heterocycles. The molecule has 0 spiro atoms. The lowest BCUT2D eigenvalue weighted by molar-refractivity contribution is 0.0900. The van der Waals surface area contributed by atoms with Gasteiger partial charge in [0.05, 0.1) is 6.61 Å². The third-order valence-electron chi connectivity index (χ3n) is 6.96. The van der Waals surface area contributed by atoms with E-state index >= 15 is 0 Å². The van der Waals surface area contributed by atoms with Crippen LogP contribution in [0.2, 0.25) is 0 Å². The number of hydrogen-bond acceptors (Lipinski definition) is 5. The standard InChI is InChI=1S/C24H31FN2O3/c1-15(16-3-5-19(25)6-4-16)27-11-9-17(10-12-27)23(26-2)18-13-20-22(30-14-18)8-7-21(28)24(20)29/h3-8,15,17-18,23,26,28-29H,9-14H2,1-2H3. The van der Waals surface area contributed by atoms with Crippen molar-refractivity contribution in [3.05, 3.63) is 53.3 Å². The highest BCUT2D eigenvalue weighted by molar-refractivity contribution is 5.53. The Kier molecular flexibility index (Phi) is 6.16. The molecule has 162 valence electrons. The second-order valence-electron chi connectivity index (χ2n) is 8.60. The van der Waals surface area contributed by atoms with Crippen LogP contribution < -0.4 is 10.1 Å². The van der Waals surface area contributed by atoms with Crippen LogP contribution in [0.5, 0.6) is 17.2 Å². The summed E-state index contributed by atoms with van der Waals surface area (Å²) in [5, 5.41) is 23.6. The van der Waals surface area contributed by atoms with Gasteiger partial charge in [-0.2, -0.15) is 0 Å². The fraction of sp³-hybridized carbons (Fsp3) is 0.500.